The highest BCUT2D eigenvalue weighted by Crippen LogP contribution is 2.36. The van der Waals surface area contributed by atoms with Gasteiger partial charge >= 0.3 is 0 Å². The van der Waals surface area contributed by atoms with Crippen LogP contribution in [0.5, 0.6) is 0 Å². The molecule has 0 fully saturated rings. The van der Waals surface area contributed by atoms with Crippen molar-refractivity contribution in [3.63, 3.8) is 0 Å². The van der Waals surface area contributed by atoms with Crippen LogP contribution in [-0.4, -0.2) is 5.11 Å². The summed E-state index contributed by atoms with van der Waals surface area (Å²) in [6.07, 6.45) is 1.25. The molecular weight excluding hydrogens is 300 g/mol. The largest absolute Gasteiger partial charge is 0.468 e. The number of benzene rings is 1. The van der Waals surface area contributed by atoms with Gasteiger partial charge in [0.2, 0.25) is 0 Å². The Kier molecular flexibility index (Phi) is 3.97. The van der Waals surface area contributed by atoms with E-state index in [1.807, 2.05) is 31.2 Å². The van der Waals surface area contributed by atoms with Gasteiger partial charge in [-0.15, -0.1) is 0 Å². The summed E-state index contributed by atoms with van der Waals surface area (Å²) in [5, 5.41) is 9.50. The zero-order valence-corrected chi connectivity index (χ0v) is 12.0. The Bertz CT molecular complexity index is 520. The van der Waals surface area contributed by atoms with Crippen LogP contribution in [0.25, 0.3) is 0 Å². The number of hydrogen-bond donors (Lipinski definition) is 1. The molecule has 0 aliphatic carbocycles. The van der Waals surface area contributed by atoms with Gasteiger partial charge in [0.25, 0.3) is 0 Å². The number of aliphatic hydroxyl groups excluding tert-OH is 1. The molecule has 2 aromatic rings. The molecule has 0 saturated carbocycles. The third kappa shape index (κ3) is 2.94. The van der Waals surface area contributed by atoms with E-state index < -0.39 is 6.10 Å². The van der Waals surface area contributed by atoms with E-state index in [4.69, 9.17) is 4.42 Å². The summed E-state index contributed by atoms with van der Waals surface area (Å²) in [7, 11) is 0. The van der Waals surface area contributed by atoms with Crippen LogP contribution in [-0.2, 0) is 0 Å². The van der Waals surface area contributed by atoms with Crippen molar-refractivity contribution in [3.8, 4) is 0 Å². The Labute approximate surface area is 113 Å². The average molecular weight is 313 g/mol. The highest BCUT2D eigenvalue weighted by atomic mass is 79.9. The standard InChI is InChI=1S/C13H13BrO2S/c1-8(15)10-3-4-13(11(14)7-10)17-12-5-6-16-9(12)2/h3-8,15H,1-2H3/t8-/m1/s1. The first-order chi connectivity index (χ1) is 8.08. The van der Waals surface area contributed by atoms with Gasteiger partial charge in [0.1, 0.15) is 5.76 Å². The average Bonchev–Trinajstić information content (AvgIpc) is 2.67. The molecule has 4 heteroatoms. The molecule has 0 unspecified atom stereocenters. The molecule has 1 N–H and O–H groups in total. The molecule has 1 atom stereocenters. The number of halogens is 1. The van der Waals surface area contributed by atoms with Gasteiger partial charge in [0.05, 0.1) is 17.3 Å². The number of rotatable bonds is 3. The van der Waals surface area contributed by atoms with E-state index in [1.165, 1.54) is 0 Å². The summed E-state index contributed by atoms with van der Waals surface area (Å²) in [6, 6.07) is 7.84. The van der Waals surface area contributed by atoms with Gasteiger partial charge in [-0.3, -0.25) is 0 Å². The number of aryl methyl sites for hydroxylation is 1. The van der Waals surface area contributed by atoms with E-state index in [9.17, 15) is 5.11 Å². The second kappa shape index (κ2) is 5.29. The van der Waals surface area contributed by atoms with Gasteiger partial charge in [0, 0.05) is 9.37 Å². The number of hydrogen-bond acceptors (Lipinski definition) is 3. The minimum atomic E-state index is -0.444. The van der Waals surface area contributed by atoms with E-state index in [0.29, 0.717) is 0 Å². The van der Waals surface area contributed by atoms with E-state index in [0.717, 1.165) is 25.6 Å². The van der Waals surface area contributed by atoms with Crippen molar-refractivity contribution in [1.82, 2.24) is 0 Å². The minimum absolute atomic E-state index is 0.444. The lowest BCUT2D eigenvalue weighted by Gasteiger charge is -2.08. The Balaban J connectivity index is 2.26. The Morgan fingerprint density at radius 3 is 2.59 bits per heavy atom. The predicted octanol–water partition coefficient (Wildman–Crippen LogP) is 4.56. The van der Waals surface area contributed by atoms with Crippen molar-refractivity contribution in [1.29, 1.82) is 0 Å². The summed E-state index contributed by atoms with van der Waals surface area (Å²) < 4.78 is 6.25. The van der Waals surface area contributed by atoms with Gasteiger partial charge in [-0.2, -0.15) is 0 Å². The molecular formula is C13H13BrO2S. The maximum atomic E-state index is 9.50. The van der Waals surface area contributed by atoms with Crippen LogP contribution in [0.1, 0.15) is 24.4 Å². The fraction of sp³-hybridized carbons (Fsp3) is 0.231. The van der Waals surface area contributed by atoms with Crippen LogP contribution in [0.3, 0.4) is 0 Å². The van der Waals surface area contributed by atoms with Gasteiger partial charge in [-0.05, 0) is 53.5 Å². The van der Waals surface area contributed by atoms with Crippen molar-refractivity contribution in [2.24, 2.45) is 0 Å². The molecule has 2 nitrogen and oxygen atoms in total. The van der Waals surface area contributed by atoms with Gasteiger partial charge in [-0.25, -0.2) is 0 Å². The van der Waals surface area contributed by atoms with Crippen molar-refractivity contribution in [2.45, 2.75) is 29.7 Å². The topological polar surface area (TPSA) is 33.4 Å². The molecule has 1 aromatic heterocycles. The normalized spacial score (nSPS) is 12.7. The van der Waals surface area contributed by atoms with Crippen molar-refractivity contribution in [2.75, 3.05) is 0 Å². The fourth-order valence-corrected chi connectivity index (χ4v) is 2.94. The van der Waals surface area contributed by atoms with E-state index in [-0.39, 0.29) is 0 Å². The first-order valence-electron chi connectivity index (χ1n) is 5.27. The van der Waals surface area contributed by atoms with E-state index in [2.05, 4.69) is 15.9 Å². The fourth-order valence-electron chi connectivity index (χ4n) is 1.46. The van der Waals surface area contributed by atoms with Gasteiger partial charge < -0.3 is 9.52 Å². The second-order valence-electron chi connectivity index (χ2n) is 3.81. The molecule has 1 heterocycles. The van der Waals surface area contributed by atoms with Crippen LogP contribution in [0.4, 0.5) is 0 Å². The molecule has 0 saturated heterocycles. The second-order valence-corrected chi connectivity index (χ2v) is 5.75. The lowest BCUT2D eigenvalue weighted by Crippen LogP contribution is -1.90. The zero-order valence-electron chi connectivity index (χ0n) is 9.61. The van der Waals surface area contributed by atoms with E-state index in [1.54, 1.807) is 24.9 Å². The van der Waals surface area contributed by atoms with Crippen LogP contribution in [0.2, 0.25) is 0 Å². The summed E-state index contributed by atoms with van der Waals surface area (Å²) >= 11 is 5.17. The first-order valence-corrected chi connectivity index (χ1v) is 6.88. The smallest absolute Gasteiger partial charge is 0.114 e. The van der Waals surface area contributed by atoms with Gasteiger partial charge in [-0.1, -0.05) is 17.8 Å². The van der Waals surface area contributed by atoms with Crippen LogP contribution in [0.15, 0.2) is 49.2 Å². The molecule has 90 valence electrons. The van der Waals surface area contributed by atoms with Crippen LogP contribution >= 0.6 is 27.7 Å². The summed E-state index contributed by atoms with van der Waals surface area (Å²) in [6.45, 7) is 3.70. The Hall–Kier alpha value is -0.710. The third-order valence-electron chi connectivity index (χ3n) is 2.47. The van der Waals surface area contributed by atoms with Crippen LogP contribution in [0, 0.1) is 6.92 Å². The molecule has 1 aromatic carbocycles. The monoisotopic (exact) mass is 312 g/mol. The molecule has 0 bridgehead atoms. The molecule has 17 heavy (non-hydrogen) atoms. The van der Waals surface area contributed by atoms with Gasteiger partial charge in [0.15, 0.2) is 0 Å². The Morgan fingerprint density at radius 2 is 2.06 bits per heavy atom. The highest BCUT2D eigenvalue weighted by molar-refractivity contribution is 9.10. The maximum Gasteiger partial charge on any atom is 0.114 e. The highest BCUT2D eigenvalue weighted by Gasteiger charge is 2.09. The zero-order chi connectivity index (χ0) is 12.4. The van der Waals surface area contributed by atoms with Crippen LogP contribution < -0.4 is 0 Å². The van der Waals surface area contributed by atoms with Crippen molar-refractivity contribution < 1.29 is 9.52 Å². The quantitative estimate of drug-likeness (QED) is 0.902. The van der Waals surface area contributed by atoms with Crippen molar-refractivity contribution >= 4 is 27.7 Å². The molecule has 0 radical (unpaired) electrons. The number of aliphatic hydroxyl groups is 1. The minimum Gasteiger partial charge on any atom is -0.468 e. The Morgan fingerprint density at radius 1 is 1.29 bits per heavy atom. The molecule has 0 aliphatic rings. The SMILES string of the molecule is Cc1occc1Sc1ccc([C@@H](C)O)cc1Br. The maximum absolute atomic E-state index is 9.50. The lowest BCUT2D eigenvalue weighted by atomic mass is 10.1. The number of furan rings is 1. The third-order valence-corrected chi connectivity index (χ3v) is 4.61. The summed E-state index contributed by atoms with van der Waals surface area (Å²) in [4.78, 5) is 2.22. The summed E-state index contributed by atoms with van der Waals surface area (Å²) in [5.74, 6) is 0.918. The van der Waals surface area contributed by atoms with Crippen molar-refractivity contribution in [3.05, 3.63) is 46.3 Å². The summed E-state index contributed by atoms with van der Waals surface area (Å²) in [5.41, 5.74) is 0.908. The lowest BCUT2D eigenvalue weighted by molar-refractivity contribution is 0.199. The first kappa shape index (κ1) is 12.7. The van der Waals surface area contributed by atoms with E-state index >= 15 is 0 Å². The molecule has 0 aliphatic heterocycles. The predicted molar refractivity (Wildman–Crippen MR) is 72.3 cm³/mol. The molecule has 0 spiro atoms. The molecule has 0 amide bonds. The molecule has 2 rings (SSSR count).